The fourth-order valence-electron chi connectivity index (χ4n) is 8.06. The molecule has 59 heavy (non-hydrogen) atoms. The molecule has 7 N–H and O–H groups in total. The van der Waals surface area contributed by atoms with E-state index < -0.39 is 73.0 Å². The third-order valence-corrected chi connectivity index (χ3v) is 11.7. The summed E-state index contributed by atoms with van der Waals surface area (Å²) in [7, 11) is 3.30. The summed E-state index contributed by atoms with van der Waals surface area (Å²) >= 11 is 5.71. The van der Waals surface area contributed by atoms with Gasteiger partial charge in [0.25, 0.3) is 5.91 Å². The minimum atomic E-state index is -1.78. The van der Waals surface area contributed by atoms with Crippen LogP contribution in [-0.4, -0.2) is 177 Å². The van der Waals surface area contributed by atoms with Crippen molar-refractivity contribution in [3.05, 3.63) is 18.6 Å². The van der Waals surface area contributed by atoms with Gasteiger partial charge < -0.3 is 65.1 Å². The summed E-state index contributed by atoms with van der Waals surface area (Å²) in [4.78, 5) is 51.1. The van der Waals surface area contributed by atoms with Crippen molar-refractivity contribution in [2.45, 2.75) is 113 Å². The largest absolute Gasteiger partial charge is 0.394 e. The molecular weight excluding hydrogens is 791 g/mol. The normalized spacial score (nSPS) is 30.9. The van der Waals surface area contributed by atoms with Gasteiger partial charge in [-0.2, -0.15) is 5.26 Å². The third kappa shape index (κ3) is 10.4. The lowest BCUT2D eigenvalue weighted by molar-refractivity contribution is -0.330. The summed E-state index contributed by atoms with van der Waals surface area (Å²) in [6.45, 7) is 5.97. The molecule has 3 aliphatic rings. The maximum absolute atomic E-state index is 13.7. The molecule has 3 fully saturated rings. The van der Waals surface area contributed by atoms with Gasteiger partial charge in [0.2, 0.25) is 11.8 Å². The molecule has 0 spiro atoms. The Hall–Kier alpha value is -4.11. The molecule has 5 heterocycles. The number of amides is 3. The zero-order valence-electron chi connectivity index (χ0n) is 34.0. The van der Waals surface area contributed by atoms with Crippen LogP contribution in [0.5, 0.6) is 0 Å². The van der Waals surface area contributed by atoms with Crippen molar-refractivity contribution in [2.24, 2.45) is 5.92 Å². The lowest BCUT2D eigenvalue weighted by Crippen LogP contribution is -2.68. The molecule has 326 valence electrons. The SMILES string of the molecule is COCC1(C(=O)NCCCCNC(=S)n2ccc3c(N(C)[C@H]4CN(C(=O)CC#N)CC[C@H]4C)ncnc32)CC(O)C(O)[C@H](OC2C(NC(C)=O)[C@H](C)OC(CO)[C@H]2O)O1. The molecule has 0 aliphatic carbocycles. The van der Waals surface area contributed by atoms with Gasteiger partial charge >= 0.3 is 0 Å². The van der Waals surface area contributed by atoms with Gasteiger partial charge in [0.05, 0.1) is 49.0 Å². The zero-order valence-corrected chi connectivity index (χ0v) is 34.8. The van der Waals surface area contributed by atoms with E-state index in [2.05, 4.69) is 37.7 Å². The number of ether oxygens (including phenoxy) is 4. The number of rotatable bonds is 15. The van der Waals surface area contributed by atoms with Gasteiger partial charge in [0, 0.05) is 59.9 Å². The standard InChI is InChI=1S/C38H57N9O11S/c1-21-9-14-46(28(51)8-11-39)17-25(21)45(4)33-24-10-15-47(34(24)43-20-42-33)37(59)41-13-7-6-12-40-36(54)38(19-55-5)16-26(50)30(52)35(58-38)57-32-29(44-23(3)49)22(2)56-27(18-48)31(32)53/h10,15,20-22,25-27,29-32,35,48,50,52-53H,6-9,12-14,16-19H2,1-5H3,(H,40,54)(H,41,59)(H,44,49)/t21-,22+,25+,26?,27?,29?,30?,31-,32?,35-,38?/m1/s1. The van der Waals surface area contributed by atoms with E-state index in [4.69, 9.17) is 36.4 Å². The van der Waals surface area contributed by atoms with Crippen molar-refractivity contribution in [3.63, 3.8) is 0 Å². The number of nitrogens with one attached hydrogen (secondary N) is 3. The average molecular weight is 848 g/mol. The quantitative estimate of drug-likeness (QED) is 0.0796. The minimum absolute atomic E-state index is 0.0154. The highest BCUT2D eigenvalue weighted by Crippen LogP contribution is 2.34. The number of anilines is 1. The Morgan fingerprint density at radius 1 is 1.15 bits per heavy atom. The second-order valence-corrected chi connectivity index (χ2v) is 15.9. The predicted octanol–water partition coefficient (Wildman–Crippen LogP) is -1.48. The van der Waals surface area contributed by atoms with E-state index in [0.29, 0.717) is 49.1 Å². The van der Waals surface area contributed by atoms with Crippen molar-refractivity contribution < 1.29 is 53.8 Å². The number of piperidine rings is 1. The van der Waals surface area contributed by atoms with Crippen molar-refractivity contribution in [2.75, 3.05) is 58.5 Å². The van der Waals surface area contributed by atoms with Crippen molar-refractivity contribution in [3.8, 4) is 6.07 Å². The minimum Gasteiger partial charge on any atom is -0.394 e. The Labute approximate surface area is 348 Å². The van der Waals surface area contributed by atoms with Crippen LogP contribution >= 0.6 is 12.2 Å². The van der Waals surface area contributed by atoms with Gasteiger partial charge in [-0.1, -0.05) is 6.92 Å². The van der Waals surface area contributed by atoms with E-state index in [0.717, 1.165) is 11.8 Å². The Morgan fingerprint density at radius 2 is 1.88 bits per heavy atom. The Bertz CT molecular complexity index is 1830. The van der Waals surface area contributed by atoms with Crippen molar-refractivity contribution >= 4 is 51.9 Å². The number of aromatic nitrogens is 3. The number of unbranched alkanes of at least 4 members (excludes halogenated alkanes) is 1. The summed E-state index contributed by atoms with van der Waals surface area (Å²) in [5, 5.41) is 61.6. The molecule has 5 rings (SSSR count). The van der Waals surface area contributed by atoms with Crippen LogP contribution in [0, 0.1) is 17.2 Å². The van der Waals surface area contributed by atoms with Crippen LogP contribution in [0.2, 0.25) is 0 Å². The molecule has 20 nitrogen and oxygen atoms in total. The molecule has 6 unspecified atom stereocenters. The van der Waals surface area contributed by atoms with Gasteiger partial charge in [-0.3, -0.25) is 19.0 Å². The van der Waals surface area contributed by atoms with Crippen LogP contribution in [0.4, 0.5) is 5.82 Å². The smallest absolute Gasteiger partial charge is 0.254 e. The molecule has 2 aromatic heterocycles. The first-order valence-electron chi connectivity index (χ1n) is 19.8. The molecule has 0 saturated carbocycles. The molecular formula is C38H57N9O11S. The second kappa shape index (κ2) is 20.4. The maximum Gasteiger partial charge on any atom is 0.254 e. The highest BCUT2D eigenvalue weighted by Gasteiger charge is 2.54. The lowest BCUT2D eigenvalue weighted by atomic mass is 9.89. The third-order valence-electron chi connectivity index (χ3n) is 11.3. The molecule has 0 aromatic carbocycles. The monoisotopic (exact) mass is 847 g/mol. The molecule has 21 heteroatoms. The fourth-order valence-corrected chi connectivity index (χ4v) is 8.31. The van der Waals surface area contributed by atoms with Crippen LogP contribution in [0.1, 0.15) is 52.9 Å². The molecule has 3 saturated heterocycles. The number of aliphatic hydroxyl groups is 4. The van der Waals surface area contributed by atoms with E-state index in [9.17, 15) is 34.8 Å². The number of methoxy groups -OCH3 is 1. The summed E-state index contributed by atoms with van der Waals surface area (Å²) in [5.41, 5.74) is -1.18. The van der Waals surface area contributed by atoms with Crippen LogP contribution in [0.15, 0.2) is 18.6 Å². The summed E-state index contributed by atoms with van der Waals surface area (Å²) in [5.74, 6) is -0.249. The summed E-state index contributed by atoms with van der Waals surface area (Å²) in [6.07, 6.45) is -4.50. The number of aliphatic hydroxyl groups excluding tert-OH is 4. The number of nitrogens with zero attached hydrogens (tertiary/aromatic N) is 6. The zero-order chi connectivity index (χ0) is 43.0. The van der Waals surface area contributed by atoms with Gasteiger partial charge in [-0.05, 0) is 50.4 Å². The highest BCUT2D eigenvalue weighted by molar-refractivity contribution is 7.80. The first-order chi connectivity index (χ1) is 28.2. The topological polar surface area (TPSA) is 266 Å². The van der Waals surface area contributed by atoms with Gasteiger partial charge in [0.1, 0.15) is 43.0 Å². The van der Waals surface area contributed by atoms with Crippen molar-refractivity contribution in [1.82, 2.24) is 35.4 Å². The van der Waals surface area contributed by atoms with E-state index in [1.807, 2.05) is 25.4 Å². The summed E-state index contributed by atoms with van der Waals surface area (Å²) in [6, 6.07) is 2.90. The van der Waals surface area contributed by atoms with Gasteiger partial charge in [-0.25, -0.2) is 9.97 Å². The highest BCUT2D eigenvalue weighted by atomic mass is 32.1. The number of likely N-dealkylation sites (tertiary alicyclic amines) is 1. The molecule has 0 radical (unpaired) electrons. The van der Waals surface area contributed by atoms with Crippen LogP contribution in [-0.2, 0) is 33.3 Å². The Balaban J connectivity index is 1.16. The first kappa shape index (κ1) is 46.0. The number of thiocarbonyl (C=S) groups is 1. The molecule has 3 amide bonds. The molecule has 2 aromatic rings. The molecule has 0 bridgehead atoms. The Kier molecular flexibility index (Phi) is 15.9. The van der Waals surface area contributed by atoms with Gasteiger partial charge in [0.15, 0.2) is 22.7 Å². The first-order valence-corrected chi connectivity index (χ1v) is 20.2. The number of hydrogen-bond acceptors (Lipinski definition) is 16. The van der Waals surface area contributed by atoms with Gasteiger partial charge in [-0.15, -0.1) is 0 Å². The number of carbonyl (C=O) groups is 3. The van der Waals surface area contributed by atoms with Crippen LogP contribution in [0.25, 0.3) is 11.0 Å². The number of likely N-dealkylation sites (N-methyl/N-ethyl adjacent to an activating group) is 1. The van der Waals surface area contributed by atoms with E-state index in [-0.39, 0.29) is 43.9 Å². The number of fused-ring (bicyclic) bond motifs is 1. The summed E-state index contributed by atoms with van der Waals surface area (Å²) < 4.78 is 24.8. The number of carbonyl (C=O) groups excluding carboxylic acids is 3. The van der Waals surface area contributed by atoms with E-state index in [1.165, 1.54) is 20.4 Å². The lowest BCUT2D eigenvalue weighted by Gasteiger charge is -2.48. The van der Waals surface area contributed by atoms with E-state index >= 15 is 0 Å². The Morgan fingerprint density at radius 3 is 2.56 bits per heavy atom. The number of nitriles is 1. The van der Waals surface area contributed by atoms with Crippen LogP contribution in [0.3, 0.4) is 0 Å². The van der Waals surface area contributed by atoms with Crippen LogP contribution < -0.4 is 20.9 Å². The maximum atomic E-state index is 13.7. The average Bonchev–Trinajstić information content (AvgIpc) is 3.65. The molecule has 11 atom stereocenters. The predicted molar refractivity (Wildman–Crippen MR) is 215 cm³/mol. The van der Waals surface area contributed by atoms with E-state index in [1.54, 1.807) is 16.4 Å². The number of hydrogen-bond donors (Lipinski definition) is 7. The van der Waals surface area contributed by atoms with Crippen molar-refractivity contribution in [1.29, 1.82) is 5.26 Å². The molecule has 3 aliphatic heterocycles. The second-order valence-electron chi connectivity index (χ2n) is 15.5. The fraction of sp³-hybridized carbons (Fsp3) is 0.711.